The van der Waals surface area contributed by atoms with Crippen LogP contribution in [0.5, 0.6) is 0 Å². The van der Waals surface area contributed by atoms with Crippen molar-refractivity contribution < 1.29 is 14.5 Å². The second-order valence-electron chi connectivity index (χ2n) is 3.88. The average molecular weight is 293 g/mol. The van der Waals surface area contributed by atoms with Gasteiger partial charge in [-0.15, -0.1) is 11.3 Å². The minimum absolute atomic E-state index is 0.0149. The van der Waals surface area contributed by atoms with Gasteiger partial charge < -0.3 is 10.5 Å². The van der Waals surface area contributed by atoms with Crippen LogP contribution in [0.25, 0.3) is 0 Å². The first-order valence-electron chi connectivity index (χ1n) is 5.67. The van der Waals surface area contributed by atoms with Crippen molar-refractivity contribution in [1.82, 2.24) is 4.98 Å². The van der Waals surface area contributed by atoms with E-state index in [4.69, 9.17) is 10.5 Å². The Morgan fingerprint density at radius 1 is 1.50 bits per heavy atom. The number of nitro benzene ring substituents is 1. The molecule has 2 rings (SSSR count). The van der Waals surface area contributed by atoms with Gasteiger partial charge in [-0.1, -0.05) is 12.1 Å². The van der Waals surface area contributed by atoms with E-state index in [1.54, 1.807) is 12.1 Å². The lowest BCUT2D eigenvalue weighted by molar-refractivity contribution is -0.384. The van der Waals surface area contributed by atoms with Gasteiger partial charge in [0.1, 0.15) is 0 Å². The Morgan fingerprint density at radius 3 is 2.95 bits per heavy atom. The number of non-ortho nitro benzene ring substituents is 1. The molecule has 1 aromatic carbocycles. The number of hydrogen-bond donors (Lipinski definition) is 1. The summed E-state index contributed by atoms with van der Waals surface area (Å²) in [7, 11) is 0. The topological polar surface area (TPSA) is 108 Å². The molecule has 0 fully saturated rings. The molecule has 0 aliphatic rings. The lowest BCUT2D eigenvalue weighted by Gasteiger charge is -2.03. The number of nitrogens with zero attached hydrogens (tertiary/aromatic N) is 2. The summed E-state index contributed by atoms with van der Waals surface area (Å²) in [5.74, 6) is -0.552. The average Bonchev–Trinajstić information content (AvgIpc) is 2.86. The molecule has 0 aliphatic heterocycles. The van der Waals surface area contributed by atoms with Gasteiger partial charge in [-0.2, -0.15) is 0 Å². The fourth-order valence-electron chi connectivity index (χ4n) is 1.54. The van der Waals surface area contributed by atoms with Crippen LogP contribution in [0.15, 0.2) is 29.6 Å². The molecule has 0 radical (unpaired) electrons. The van der Waals surface area contributed by atoms with E-state index in [1.165, 1.54) is 17.5 Å². The molecule has 1 aromatic heterocycles. The Morgan fingerprint density at radius 2 is 2.30 bits per heavy atom. The van der Waals surface area contributed by atoms with Gasteiger partial charge in [0.15, 0.2) is 10.8 Å². The summed E-state index contributed by atoms with van der Waals surface area (Å²) in [6.45, 7) is 0.122. The van der Waals surface area contributed by atoms with E-state index < -0.39 is 10.9 Å². The zero-order valence-corrected chi connectivity index (χ0v) is 11.1. The summed E-state index contributed by atoms with van der Waals surface area (Å²) in [5.41, 5.74) is 6.33. The molecule has 20 heavy (non-hydrogen) atoms. The Bertz CT molecular complexity index is 641. The molecule has 0 spiro atoms. The van der Waals surface area contributed by atoms with Crippen molar-refractivity contribution in [2.75, 3.05) is 12.3 Å². The second-order valence-corrected chi connectivity index (χ2v) is 4.77. The number of carbonyl (C=O) groups excluding carboxylic acids is 1. The summed E-state index contributed by atoms with van der Waals surface area (Å²) >= 11 is 1.16. The van der Waals surface area contributed by atoms with E-state index in [9.17, 15) is 14.9 Å². The third-order valence-electron chi connectivity index (χ3n) is 2.48. The van der Waals surface area contributed by atoms with Gasteiger partial charge in [-0.3, -0.25) is 10.1 Å². The maximum Gasteiger partial charge on any atom is 0.357 e. The van der Waals surface area contributed by atoms with Gasteiger partial charge in [0.05, 0.1) is 11.5 Å². The van der Waals surface area contributed by atoms with E-state index >= 15 is 0 Å². The highest BCUT2D eigenvalue weighted by atomic mass is 32.1. The normalized spacial score (nSPS) is 10.2. The number of nitrogens with two attached hydrogens (primary N) is 1. The van der Waals surface area contributed by atoms with E-state index in [0.717, 1.165) is 16.9 Å². The number of aromatic nitrogens is 1. The van der Waals surface area contributed by atoms with Crippen LogP contribution in [-0.2, 0) is 11.2 Å². The molecular formula is C12H11N3O4S. The molecule has 0 saturated heterocycles. The molecule has 1 heterocycles. The van der Waals surface area contributed by atoms with Gasteiger partial charge in [-0.05, 0) is 5.56 Å². The zero-order valence-electron chi connectivity index (χ0n) is 10.3. The van der Waals surface area contributed by atoms with Crippen molar-refractivity contribution in [2.24, 2.45) is 0 Å². The molecule has 104 valence electrons. The van der Waals surface area contributed by atoms with Gasteiger partial charge in [-0.25, -0.2) is 9.78 Å². The molecule has 0 bridgehead atoms. The number of thiazole rings is 1. The van der Waals surface area contributed by atoms with Crippen molar-refractivity contribution >= 4 is 28.1 Å². The minimum atomic E-state index is -0.552. The molecule has 0 aliphatic carbocycles. The Labute approximate surface area is 118 Å². The predicted molar refractivity (Wildman–Crippen MR) is 73.6 cm³/mol. The van der Waals surface area contributed by atoms with Crippen molar-refractivity contribution in [3.8, 4) is 0 Å². The first-order valence-corrected chi connectivity index (χ1v) is 6.55. The van der Waals surface area contributed by atoms with Crippen molar-refractivity contribution in [1.29, 1.82) is 0 Å². The summed E-state index contributed by atoms with van der Waals surface area (Å²) in [4.78, 5) is 25.5. The highest BCUT2D eigenvalue weighted by Crippen LogP contribution is 2.14. The highest BCUT2D eigenvalue weighted by molar-refractivity contribution is 7.13. The number of nitrogen functional groups attached to an aromatic ring is 1. The lowest BCUT2D eigenvalue weighted by atomic mass is 10.1. The number of benzene rings is 1. The molecule has 2 N–H and O–H groups in total. The van der Waals surface area contributed by atoms with Crippen LogP contribution in [0, 0.1) is 10.1 Å². The fourth-order valence-corrected chi connectivity index (χ4v) is 2.07. The summed E-state index contributed by atoms with van der Waals surface area (Å²) in [6.07, 6.45) is 0.396. The van der Waals surface area contributed by atoms with E-state index in [2.05, 4.69) is 4.98 Å². The minimum Gasteiger partial charge on any atom is -0.461 e. The molecule has 0 saturated carbocycles. The zero-order chi connectivity index (χ0) is 14.5. The van der Waals surface area contributed by atoms with Gasteiger partial charge >= 0.3 is 5.97 Å². The Balaban J connectivity index is 1.88. The maximum absolute atomic E-state index is 11.6. The van der Waals surface area contributed by atoms with E-state index in [-0.39, 0.29) is 18.0 Å². The second kappa shape index (κ2) is 6.11. The van der Waals surface area contributed by atoms with Gasteiger partial charge in [0, 0.05) is 23.9 Å². The van der Waals surface area contributed by atoms with Crippen LogP contribution < -0.4 is 5.73 Å². The number of anilines is 1. The predicted octanol–water partition coefficient (Wildman–Crippen LogP) is 2.03. The first kappa shape index (κ1) is 13.9. The molecule has 0 unspecified atom stereocenters. The van der Waals surface area contributed by atoms with Crippen LogP contribution in [0.1, 0.15) is 16.1 Å². The van der Waals surface area contributed by atoms with Gasteiger partial charge in [0.2, 0.25) is 0 Å². The van der Waals surface area contributed by atoms with Crippen LogP contribution in [0.2, 0.25) is 0 Å². The number of carbonyl (C=O) groups is 1. The summed E-state index contributed by atoms with van der Waals surface area (Å²) < 4.78 is 5.03. The number of nitro groups is 1. The van der Waals surface area contributed by atoms with Crippen LogP contribution in [-0.4, -0.2) is 22.5 Å². The molecule has 2 aromatic rings. The smallest absolute Gasteiger partial charge is 0.357 e. The molecule has 8 heteroatoms. The summed E-state index contributed by atoms with van der Waals surface area (Å²) in [5, 5.41) is 12.4. The maximum atomic E-state index is 11.6. The molecule has 0 amide bonds. The van der Waals surface area contributed by atoms with Crippen molar-refractivity contribution in [3.05, 3.63) is 51.0 Å². The fraction of sp³-hybridized carbons (Fsp3) is 0.167. The van der Waals surface area contributed by atoms with Gasteiger partial charge in [0.25, 0.3) is 5.69 Å². The van der Waals surface area contributed by atoms with E-state index in [1.807, 2.05) is 0 Å². The van der Waals surface area contributed by atoms with Crippen molar-refractivity contribution in [2.45, 2.75) is 6.42 Å². The van der Waals surface area contributed by atoms with Crippen LogP contribution >= 0.6 is 11.3 Å². The quantitative estimate of drug-likeness (QED) is 0.513. The molecule has 7 nitrogen and oxygen atoms in total. The monoisotopic (exact) mass is 293 g/mol. The van der Waals surface area contributed by atoms with Crippen LogP contribution in [0.4, 0.5) is 10.8 Å². The third kappa shape index (κ3) is 3.51. The summed E-state index contributed by atoms with van der Waals surface area (Å²) in [6, 6.07) is 6.19. The largest absolute Gasteiger partial charge is 0.461 e. The molecule has 0 atom stereocenters. The lowest BCUT2D eigenvalue weighted by Crippen LogP contribution is -2.08. The standard InChI is InChI=1S/C12H11N3O4S/c13-12-14-10(7-20-12)11(16)19-5-4-8-2-1-3-9(6-8)15(17)18/h1-3,6-7H,4-5H2,(H2,13,14). The third-order valence-corrected chi connectivity index (χ3v) is 3.15. The SMILES string of the molecule is Nc1nc(C(=O)OCCc2cccc([N+](=O)[O-])c2)cs1. The van der Waals surface area contributed by atoms with E-state index in [0.29, 0.717) is 11.6 Å². The number of ether oxygens (including phenoxy) is 1. The number of rotatable bonds is 5. The van der Waals surface area contributed by atoms with Crippen molar-refractivity contribution in [3.63, 3.8) is 0 Å². The highest BCUT2D eigenvalue weighted by Gasteiger charge is 2.11. The Kier molecular flexibility index (Phi) is 4.26. The number of hydrogen-bond acceptors (Lipinski definition) is 7. The molecular weight excluding hydrogens is 282 g/mol. The first-order chi connectivity index (χ1) is 9.56. The number of esters is 1. The van der Waals surface area contributed by atoms with Crippen LogP contribution in [0.3, 0.4) is 0 Å². The Hall–Kier alpha value is -2.48.